The first-order chi connectivity index (χ1) is 14.9. The number of fused-ring (bicyclic) bond motifs is 1. The van der Waals surface area contributed by atoms with E-state index in [2.05, 4.69) is 4.98 Å². The third kappa shape index (κ3) is 4.03. The van der Waals surface area contributed by atoms with Crippen molar-refractivity contribution in [1.29, 1.82) is 0 Å². The molecule has 3 aromatic rings. The van der Waals surface area contributed by atoms with Gasteiger partial charge in [0, 0.05) is 24.3 Å². The van der Waals surface area contributed by atoms with Crippen molar-refractivity contribution in [2.75, 3.05) is 9.80 Å². The fourth-order valence-corrected chi connectivity index (χ4v) is 4.63. The summed E-state index contributed by atoms with van der Waals surface area (Å²) in [6.07, 6.45) is 0.579. The van der Waals surface area contributed by atoms with E-state index in [9.17, 15) is 9.59 Å². The quantitative estimate of drug-likeness (QED) is 0.462. The van der Waals surface area contributed by atoms with E-state index in [4.69, 9.17) is 23.2 Å². The molecule has 0 bridgehead atoms. The van der Waals surface area contributed by atoms with Gasteiger partial charge < -0.3 is 9.80 Å². The number of benzene rings is 2. The molecule has 4 rings (SSSR count). The first-order valence-electron chi connectivity index (χ1n) is 9.98. The minimum atomic E-state index is -0.248. The Hall–Kier alpha value is -2.89. The van der Waals surface area contributed by atoms with E-state index in [1.165, 1.54) is 0 Å². The van der Waals surface area contributed by atoms with E-state index >= 15 is 0 Å². The first-order valence-corrected chi connectivity index (χ1v) is 10.7. The molecule has 0 unspecified atom stereocenters. The molecule has 5 nitrogen and oxygen atoms in total. The average molecular weight is 454 g/mol. The zero-order valence-corrected chi connectivity index (χ0v) is 18.6. The lowest BCUT2D eigenvalue weighted by molar-refractivity contribution is -0.117. The number of hydrogen-bond acceptors (Lipinski definition) is 3. The van der Waals surface area contributed by atoms with Crippen molar-refractivity contribution in [3.63, 3.8) is 0 Å². The highest BCUT2D eigenvalue weighted by Gasteiger charge is 2.38. The molecule has 1 aliphatic heterocycles. The molecule has 0 spiro atoms. The summed E-state index contributed by atoms with van der Waals surface area (Å²) in [6, 6.07) is 20.0. The molecule has 31 heavy (non-hydrogen) atoms. The van der Waals surface area contributed by atoms with Crippen LogP contribution in [0.15, 0.2) is 66.7 Å². The number of carbonyl (C=O) groups is 2. The number of nitrogens with zero attached hydrogens (tertiary/aromatic N) is 3. The Morgan fingerprint density at radius 1 is 1.00 bits per heavy atom. The number of hydrogen-bond donors (Lipinski definition) is 0. The summed E-state index contributed by atoms with van der Waals surface area (Å²) < 4.78 is 0. The Bertz CT molecular complexity index is 1140. The Kier molecular flexibility index (Phi) is 5.99. The third-order valence-corrected chi connectivity index (χ3v) is 6.01. The first kappa shape index (κ1) is 21.3. The van der Waals surface area contributed by atoms with Gasteiger partial charge in [0.05, 0.1) is 11.6 Å². The molecule has 2 aromatic carbocycles. The summed E-state index contributed by atoms with van der Waals surface area (Å²) in [5.74, 6) is -0.301. The van der Waals surface area contributed by atoms with Crippen LogP contribution in [0.4, 0.5) is 11.4 Å². The molecule has 1 aliphatic rings. The minimum Gasteiger partial charge on any atom is -0.305 e. The summed E-state index contributed by atoms with van der Waals surface area (Å²) in [5.41, 5.74) is 2.78. The predicted molar refractivity (Wildman–Crippen MR) is 124 cm³/mol. The molecule has 0 aliphatic carbocycles. The third-order valence-electron chi connectivity index (χ3n) is 5.51. The van der Waals surface area contributed by atoms with Gasteiger partial charge in [0.25, 0.3) is 5.91 Å². The topological polar surface area (TPSA) is 53.5 Å². The van der Waals surface area contributed by atoms with Gasteiger partial charge in [0.2, 0.25) is 5.91 Å². The van der Waals surface area contributed by atoms with Gasteiger partial charge in [-0.1, -0.05) is 59.6 Å². The van der Waals surface area contributed by atoms with Crippen LogP contribution in [0.3, 0.4) is 0 Å². The number of amides is 2. The van der Waals surface area contributed by atoms with Gasteiger partial charge in [0.1, 0.15) is 10.3 Å². The fourth-order valence-electron chi connectivity index (χ4n) is 4.21. The standard InChI is InChI=1S/C24H21Cl2N3O2/c1-15-14-21(29(16(2)30)17-8-4-3-5-9-17)18-10-6-7-11-20(18)28(15)24(31)19-12-13-22(25)27-23(19)26/h3-13,15,21H,14H2,1-2H3/t15-,21+/m1/s1. The van der Waals surface area contributed by atoms with Crippen molar-refractivity contribution in [3.05, 3.63) is 88.2 Å². The van der Waals surface area contributed by atoms with Crippen molar-refractivity contribution in [2.45, 2.75) is 32.4 Å². The number of anilines is 2. The van der Waals surface area contributed by atoms with Crippen LogP contribution in [-0.2, 0) is 4.79 Å². The molecule has 2 atom stereocenters. The van der Waals surface area contributed by atoms with E-state index < -0.39 is 0 Å². The number of para-hydroxylation sites is 2. The van der Waals surface area contributed by atoms with E-state index in [0.717, 1.165) is 16.9 Å². The van der Waals surface area contributed by atoms with Gasteiger partial charge in [-0.05, 0) is 49.2 Å². The summed E-state index contributed by atoms with van der Waals surface area (Å²) in [7, 11) is 0. The Labute approximate surface area is 191 Å². The van der Waals surface area contributed by atoms with Crippen molar-refractivity contribution in [2.24, 2.45) is 0 Å². The fraction of sp³-hybridized carbons (Fsp3) is 0.208. The number of carbonyl (C=O) groups excluding carboxylic acids is 2. The summed E-state index contributed by atoms with van der Waals surface area (Å²) >= 11 is 12.1. The van der Waals surface area contributed by atoms with E-state index in [1.807, 2.05) is 61.5 Å². The van der Waals surface area contributed by atoms with Gasteiger partial charge in [-0.25, -0.2) is 4.98 Å². The summed E-state index contributed by atoms with van der Waals surface area (Å²) in [6.45, 7) is 3.54. The van der Waals surface area contributed by atoms with Crippen LogP contribution in [-0.4, -0.2) is 22.8 Å². The maximum atomic E-state index is 13.5. The van der Waals surface area contributed by atoms with Crippen molar-refractivity contribution in [1.82, 2.24) is 4.98 Å². The minimum absolute atomic E-state index is 0.0528. The molecule has 1 aromatic heterocycles. The van der Waals surface area contributed by atoms with Gasteiger partial charge in [0.15, 0.2) is 0 Å². The van der Waals surface area contributed by atoms with Crippen LogP contribution in [0.25, 0.3) is 0 Å². The zero-order valence-electron chi connectivity index (χ0n) is 17.1. The lowest BCUT2D eigenvalue weighted by atomic mass is 9.89. The summed E-state index contributed by atoms with van der Waals surface area (Å²) in [5, 5.41) is 0.299. The predicted octanol–water partition coefficient (Wildman–Crippen LogP) is 5.92. The molecule has 0 saturated carbocycles. The molecule has 0 fully saturated rings. The van der Waals surface area contributed by atoms with E-state index in [1.54, 1.807) is 28.9 Å². The van der Waals surface area contributed by atoms with Crippen LogP contribution in [0, 0.1) is 0 Å². The SMILES string of the molecule is CC(=O)N(c1ccccc1)[C@H]1C[C@@H](C)N(C(=O)c2ccc(Cl)nc2Cl)c2ccccc21. The molecule has 0 N–H and O–H groups in total. The molecule has 7 heteroatoms. The molecular formula is C24H21Cl2N3O2. The van der Waals surface area contributed by atoms with Crippen molar-refractivity contribution >= 4 is 46.4 Å². The maximum absolute atomic E-state index is 13.5. The Morgan fingerprint density at radius 3 is 2.35 bits per heavy atom. The van der Waals surface area contributed by atoms with E-state index in [0.29, 0.717) is 6.42 Å². The van der Waals surface area contributed by atoms with Crippen LogP contribution in [0.1, 0.15) is 42.2 Å². The lowest BCUT2D eigenvalue weighted by Gasteiger charge is -2.43. The van der Waals surface area contributed by atoms with Crippen molar-refractivity contribution < 1.29 is 9.59 Å². The van der Waals surface area contributed by atoms with Gasteiger partial charge in [-0.2, -0.15) is 0 Å². The highest BCUT2D eigenvalue weighted by atomic mass is 35.5. The average Bonchev–Trinajstić information content (AvgIpc) is 2.74. The normalized spacial score (nSPS) is 17.7. The number of halogens is 2. The number of aromatic nitrogens is 1. The second-order valence-corrected chi connectivity index (χ2v) is 8.28. The zero-order chi connectivity index (χ0) is 22.1. The van der Waals surface area contributed by atoms with Crippen molar-refractivity contribution in [3.8, 4) is 0 Å². The van der Waals surface area contributed by atoms with Gasteiger partial charge >= 0.3 is 0 Å². The molecule has 2 amide bonds. The highest BCUT2D eigenvalue weighted by Crippen LogP contribution is 2.43. The van der Waals surface area contributed by atoms with Crippen LogP contribution in [0.2, 0.25) is 10.3 Å². The summed E-state index contributed by atoms with van der Waals surface area (Å²) in [4.78, 5) is 33.7. The molecule has 2 heterocycles. The Morgan fingerprint density at radius 2 is 1.68 bits per heavy atom. The lowest BCUT2D eigenvalue weighted by Crippen LogP contribution is -2.47. The van der Waals surface area contributed by atoms with Gasteiger partial charge in [-0.15, -0.1) is 0 Å². The second-order valence-electron chi connectivity index (χ2n) is 7.53. The van der Waals surface area contributed by atoms with Crippen LogP contribution < -0.4 is 9.80 Å². The molecular weight excluding hydrogens is 433 g/mol. The number of pyridine rings is 1. The highest BCUT2D eigenvalue weighted by molar-refractivity contribution is 6.35. The maximum Gasteiger partial charge on any atom is 0.261 e. The molecule has 158 valence electrons. The Balaban J connectivity index is 1.79. The van der Waals surface area contributed by atoms with Crippen LogP contribution in [0.5, 0.6) is 0 Å². The smallest absolute Gasteiger partial charge is 0.261 e. The van der Waals surface area contributed by atoms with E-state index in [-0.39, 0.29) is 39.8 Å². The van der Waals surface area contributed by atoms with Crippen LogP contribution >= 0.6 is 23.2 Å². The molecule has 0 saturated heterocycles. The molecule has 0 radical (unpaired) electrons. The number of rotatable bonds is 3. The monoisotopic (exact) mass is 453 g/mol. The second kappa shape index (κ2) is 8.69. The van der Waals surface area contributed by atoms with Gasteiger partial charge in [-0.3, -0.25) is 9.59 Å². The largest absolute Gasteiger partial charge is 0.305 e.